The molecule has 0 aliphatic heterocycles. The molecule has 1 aliphatic carbocycles. The highest BCUT2D eigenvalue weighted by Crippen LogP contribution is 2.47. The lowest BCUT2D eigenvalue weighted by atomic mass is 10.1. The molecule has 1 N–H and O–H groups in total. The third-order valence-corrected chi connectivity index (χ3v) is 4.07. The van der Waals surface area contributed by atoms with Crippen molar-refractivity contribution in [2.45, 2.75) is 12.3 Å². The highest BCUT2D eigenvalue weighted by atomic mass is 32.1. The maximum absolute atomic E-state index is 11.9. The van der Waals surface area contributed by atoms with Gasteiger partial charge in [0.05, 0.1) is 6.21 Å². The average Bonchev–Trinajstić information content (AvgIpc) is 3.09. The number of nitrogens with zero attached hydrogens (tertiary/aromatic N) is 1. The summed E-state index contributed by atoms with van der Waals surface area (Å²) in [6.45, 7) is 0. The number of amides is 1. The van der Waals surface area contributed by atoms with Gasteiger partial charge in [-0.15, -0.1) is 11.3 Å². The minimum Gasteiger partial charge on any atom is -0.273 e. The van der Waals surface area contributed by atoms with Gasteiger partial charge in [-0.05, 0) is 29.3 Å². The Morgan fingerprint density at radius 1 is 1.26 bits per heavy atom. The first kappa shape index (κ1) is 12.1. The van der Waals surface area contributed by atoms with E-state index in [0.29, 0.717) is 5.92 Å². The van der Waals surface area contributed by atoms with Gasteiger partial charge in [0, 0.05) is 10.8 Å². The minimum atomic E-state index is 0.0154. The Labute approximate surface area is 116 Å². The van der Waals surface area contributed by atoms with Gasteiger partial charge in [0.1, 0.15) is 0 Å². The molecule has 1 saturated carbocycles. The van der Waals surface area contributed by atoms with E-state index in [-0.39, 0.29) is 11.8 Å². The monoisotopic (exact) mass is 270 g/mol. The zero-order valence-corrected chi connectivity index (χ0v) is 11.1. The van der Waals surface area contributed by atoms with Crippen LogP contribution in [0.5, 0.6) is 0 Å². The van der Waals surface area contributed by atoms with Crippen LogP contribution in [-0.4, -0.2) is 12.1 Å². The van der Waals surface area contributed by atoms with E-state index in [1.807, 2.05) is 35.7 Å². The van der Waals surface area contributed by atoms with Gasteiger partial charge in [-0.2, -0.15) is 5.10 Å². The lowest BCUT2D eigenvalue weighted by molar-refractivity contribution is -0.122. The Morgan fingerprint density at radius 2 is 2.11 bits per heavy atom. The number of carbonyl (C=O) groups excluding carboxylic acids is 1. The number of hydrogen-bond acceptors (Lipinski definition) is 3. The standard InChI is InChI=1S/C15H14N2OS/c18-15(17-16-10-12-7-4-8-19-12)14-9-13(14)11-5-2-1-3-6-11/h1-8,10,13-14H,9H2,(H,17,18)/b16-10-/t13-,14-/m0/s1. The molecule has 0 spiro atoms. The average molecular weight is 270 g/mol. The molecule has 96 valence electrons. The molecule has 2 atom stereocenters. The first-order valence-electron chi connectivity index (χ1n) is 6.26. The van der Waals surface area contributed by atoms with Crippen LogP contribution in [0.4, 0.5) is 0 Å². The highest BCUT2D eigenvalue weighted by molar-refractivity contribution is 7.11. The molecule has 0 bridgehead atoms. The van der Waals surface area contributed by atoms with Gasteiger partial charge in [-0.1, -0.05) is 36.4 Å². The summed E-state index contributed by atoms with van der Waals surface area (Å²) in [6.07, 6.45) is 2.60. The van der Waals surface area contributed by atoms with Gasteiger partial charge in [0.2, 0.25) is 5.91 Å². The number of hydrazone groups is 1. The summed E-state index contributed by atoms with van der Waals surface area (Å²) in [5.74, 6) is 0.447. The van der Waals surface area contributed by atoms with Crippen molar-refractivity contribution >= 4 is 23.5 Å². The number of hydrogen-bond donors (Lipinski definition) is 1. The van der Waals surface area contributed by atoms with E-state index < -0.39 is 0 Å². The molecule has 1 aliphatic rings. The minimum absolute atomic E-state index is 0.0154. The van der Waals surface area contributed by atoms with Crippen LogP contribution in [0, 0.1) is 5.92 Å². The zero-order chi connectivity index (χ0) is 13.1. The van der Waals surface area contributed by atoms with Crippen molar-refractivity contribution in [1.82, 2.24) is 5.43 Å². The predicted molar refractivity (Wildman–Crippen MR) is 77.3 cm³/mol. The smallest absolute Gasteiger partial charge is 0.243 e. The predicted octanol–water partition coefficient (Wildman–Crippen LogP) is 3.00. The van der Waals surface area contributed by atoms with E-state index in [1.54, 1.807) is 17.6 Å². The van der Waals surface area contributed by atoms with Crippen LogP contribution in [0.2, 0.25) is 0 Å². The van der Waals surface area contributed by atoms with Crippen LogP contribution in [0.1, 0.15) is 22.8 Å². The molecule has 3 nitrogen and oxygen atoms in total. The molecular weight excluding hydrogens is 256 g/mol. The third kappa shape index (κ3) is 2.90. The molecule has 1 aromatic heterocycles. The molecule has 2 aromatic rings. The summed E-state index contributed by atoms with van der Waals surface area (Å²) in [5.41, 5.74) is 3.86. The Morgan fingerprint density at radius 3 is 2.84 bits per heavy atom. The summed E-state index contributed by atoms with van der Waals surface area (Å²) in [7, 11) is 0. The maximum Gasteiger partial charge on any atom is 0.243 e. The number of benzene rings is 1. The number of thiophene rings is 1. The second-order valence-corrected chi connectivity index (χ2v) is 5.59. The highest BCUT2D eigenvalue weighted by Gasteiger charge is 2.43. The summed E-state index contributed by atoms with van der Waals surface area (Å²) in [6, 6.07) is 14.1. The molecule has 3 rings (SSSR count). The summed E-state index contributed by atoms with van der Waals surface area (Å²) in [4.78, 5) is 12.9. The first-order chi connectivity index (χ1) is 9.34. The molecule has 0 unspecified atom stereocenters. The van der Waals surface area contributed by atoms with Crippen molar-refractivity contribution in [3.63, 3.8) is 0 Å². The van der Waals surface area contributed by atoms with Crippen LogP contribution in [0.3, 0.4) is 0 Å². The molecule has 0 saturated heterocycles. The largest absolute Gasteiger partial charge is 0.273 e. The van der Waals surface area contributed by atoms with E-state index in [4.69, 9.17) is 0 Å². The van der Waals surface area contributed by atoms with Crippen molar-refractivity contribution in [2.24, 2.45) is 11.0 Å². The lowest BCUT2D eigenvalue weighted by Gasteiger charge is -1.99. The Balaban J connectivity index is 1.53. The van der Waals surface area contributed by atoms with Crippen LogP contribution >= 0.6 is 11.3 Å². The van der Waals surface area contributed by atoms with Crippen LogP contribution in [0.15, 0.2) is 52.9 Å². The van der Waals surface area contributed by atoms with E-state index in [1.165, 1.54) is 5.56 Å². The van der Waals surface area contributed by atoms with Crippen molar-refractivity contribution in [1.29, 1.82) is 0 Å². The van der Waals surface area contributed by atoms with Gasteiger partial charge in [0.25, 0.3) is 0 Å². The molecule has 19 heavy (non-hydrogen) atoms. The van der Waals surface area contributed by atoms with E-state index in [2.05, 4.69) is 22.7 Å². The normalized spacial score (nSPS) is 21.5. The van der Waals surface area contributed by atoms with Crippen LogP contribution < -0.4 is 5.43 Å². The molecule has 0 radical (unpaired) electrons. The molecule has 4 heteroatoms. The summed E-state index contributed by atoms with van der Waals surface area (Å²) < 4.78 is 0. The number of rotatable bonds is 4. The molecule has 1 heterocycles. The summed E-state index contributed by atoms with van der Waals surface area (Å²) >= 11 is 1.60. The second kappa shape index (κ2) is 5.36. The van der Waals surface area contributed by atoms with E-state index in [9.17, 15) is 4.79 Å². The Kier molecular flexibility index (Phi) is 3.42. The number of nitrogens with one attached hydrogen (secondary N) is 1. The van der Waals surface area contributed by atoms with Crippen molar-refractivity contribution in [3.05, 3.63) is 58.3 Å². The fraction of sp³-hybridized carbons (Fsp3) is 0.200. The first-order valence-corrected chi connectivity index (χ1v) is 7.14. The van der Waals surface area contributed by atoms with Crippen molar-refractivity contribution in [2.75, 3.05) is 0 Å². The van der Waals surface area contributed by atoms with Gasteiger partial charge in [-0.3, -0.25) is 4.79 Å². The second-order valence-electron chi connectivity index (χ2n) is 4.61. The fourth-order valence-electron chi connectivity index (χ4n) is 2.16. The van der Waals surface area contributed by atoms with Gasteiger partial charge < -0.3 is 0 Å². The van der Waals surface area contributed by atoms with Gasteiger partial charge in [-0.25, -0.2) is 5.43 Å². The molecular formula is C15H14N2OS. The zero-order valence-electron chi connectivity index (χ0n) is 10.3. The molecule has 1 amide bonds. The van der Waals surface area contributed by atoms with E-state index >= 15 is 0 Å². The SMILES string of the molecule is O=C(N/N=C\c1cccs1)[C@H]1C[C@H]1c1ccccc1. The Hall–Kier alpha value is -1.94. The van der Waals surface area contributed by atoms with Gasteiger partial charge >= 0.3 is 0 Å². The van der Waals surface area contributed by atoms with E-state index in [0.717, 1.165) is 11.3 Å². The fourth-order valence-corrected chi connectivity index (χ4v) is 2.75. The topological polar surface area (TPSA) is 41.5 Å². The summed E-state index contributed by atoms with van der Waals surface area (Å²) in [5, 5.41) is 5.97. The molecule has 1 fully saturated rings. The maximum atomic E-state index is 11.9. The lowest BCUT2D eigenvalue weighted by Crippen LogP contribution is -2.19. The molecule has 1 aromatic carbocycles. The Bertz CT molecular complexity index is 577. The van der Waals surface area contributed by atoms with Crippen molar-refractivity contribution in [3.8, 4) is 0 Å². The third-order valence-electron chi connectivity index (χ3n) is 3.26. The van der Waals surface area contributed by atoms with Crippen LogP contribution in [-0.2, 0) is 4.79 Å². The van der Waals surface area contributed by atoms with Gasteiger partial charge in [0.15, 0.2) is 0 Å². The van der Waals surface area contributed by atoms with Crippen molar-refractivity contribution < 1.29 is 4.79 Å². The quantitative estimate of drug-likeness (QED) is 0.673. The number of carbonyl (C=O) groups is 1. The van der Waals surface area contributed by atoms with Crippen LogP contribution in [0.25, 0.3) is 0 Å².